The molecular formula is C38H46FKN7O4-. The van der Waals surface area contributed by atoms with Crippen molar-refractivity contribution in [1.29, 1.82) is 5.26 Å². The number of fused-ring (bicyclic) bond motifs is 1. The molecule has 266 valence electrons. The minimum atomic E-state index is -0.464. The Balaban J connectivity index is 0.00000292. The molecule has 2 aliphatic rings. The Kier molecular flexibility index (Phi) is 15.1. The van der Waals surface area contributed by atoms with Crippen molar-refractivity contribution in [2.24, 2.45) is 5.41 Å². The fourth-order valence-corrected chi connectivity index (χ4v) is 6.30. The number of nitriles is 1. The number of nitrogens with zero attached hydrogens (tertiary/aromatic N) is 5. The summed E-state index contributed by atoms with van der Waals surface area (Å²) in [6, 6.07) is 17.8. The zero-order valence-electron chi connectivity index (χ0n) is 29.9. The molecule has 2 saturated heterocycles. The number of hydrogen-bond donors (Lipinski definition) is 1. The molecule has 0 radical (unpaired) electrons. The van der Waals surface area contributed by atoms with Crippen LogP contribution >= 0.6 is 0 Å². The standard InChI is InChI=1S/C38H44FN6O4.K.H2N/c1-4-47-25-38(2,3)24-41-37(46)28-10-11-33-34(19-28)45(21-30-14-17-48-30)35(42-33)22-44-15-12-27(13-16-44)32-6-5-7-36(43-32)49-23-29-9-8-26(20-40)18-31(29)39;;/h5-11,18-19,27,30H,1,4,12-17,21-25H2,2-3H3,(H,41,46);;1H2/q-1;+1;-1. The number of pyridine rings is 1. The molecule has 4 heterocycles. The number of rotatable bonds is 14. The molecule has 2 aliphatic heterocycles. The topological polar surface area (TPSA) is 148 Å². The van der Waals surface area contributed by atoms with Gasteiger partial charge in [0.25, 0.3) is 5.91 Å². The molecular weight excluding hydrogens is 677 g/mol. The van der Waals surface area contributed by atoms with Gasteiger partial charge in [0, 0.05) is 54.0 Å². The third-order valence-corrected chi connectivity index (χ3v) is 9.31. The number of ether oxygens (including phenoxy) is 3. The molecule has 11 nitrogen and oxygen atoms in total. The van der Waals surface area contributed by atoms with Crippen molar-refractivity contribution in [3.8, 4) is 11.9 Å². The van der Waals surface area contributed by atoms with E-state index in [1.807, 2.05) is 36.4 Å². The molecule has 1 amide bonds. The number of imidazole rings is 1. The molecule has 1 unspecified atom stereocenters. The Morgan fingerprint density at radius 1 is 1.14 bits per heavy atom. The van der Waals surface area contributed by atoms with Crippen molar-refractivity contribution in [3.05, 3.63) is 102 Å². The molecule has 1 atom stereocenters. The van der Waals surface area contributed by atoms with Crippen molar-refractivity contribution in [3.63, 3.8) is 0 Å². The molecule has 51 heavy (non-hydrogen) atoms. The molecule has 4 aromatic rings. The summed E-state index contributed by atoms with van der Waals surface area (Å²) in [5.74, 6) is 1.12. The van der Waals surface area contributed by atoms with E-state index in [2.05, 4.69) is 35.6 Å². The van der Waals surface area contributed by atoms with Gasteiger partial charge in [-0.2, -0.15) is 5.26 Å². The second-order valence-corrected chi connectivity index (χ2v) is 13.7. The number of piperidine rings is 1. The van der Waals surface area contributed by atoms with Crippen molar-refractivity contribution in [1.82, 2.24) is 24.8 Å². The van der Waals surface area contributed by atoms with E-state index in [1.165, 1.54) is 6.07 Å². The number of carbonyl (C=O) groups excluding carboxylic acids is 1. The number of carbonyl (C=O) groups is 1. The first-order chi connectivity index (χ1) is 23.7. The zero-order valence-corrected chi connectivity index (χ0v) is 33.0. The summed E-state index contributed by atoms with van der Waals surface area (Å²) < 4.78 is 33.7. The predicted molar refractivity (Wildman–Crippen MR) is 189 cm³/mol. The van der Waals surface area contributed by atoms with E-state index in [9.17, 15) is 9.18 Å². The van der Waals surface area contributed by atoms with Crippen LogP contribution in [0.2, 0.25) is 0 Å². The SMILES string of the molecule is [CH2-]COCC(C)(C)CNC(=O)c1ccc2nc(CN3CCC(c4cccc(OCc5ccc(C#N)cc5F)n4)CC3)n(CC3CCO3)c2c1.[K+].[NH2-]. The normalized spacial score (nSPS) is 16.4. The Labute approximate surface area is 342 Å². The summed E-state index contributed by atoms with van der Waals surface area (Å²) in [6.07, 6.45) is 3.02. The van der Waals surface area contributed by atoms with Crippen LogP contribution in [0.25, 0.3) is 17.2 Å². The number of nitrogens with one attached hydrogen (secondary N) is 1. The van der Waals surface area contributed by atoms with Crippen LogP contribution in [0.3, 0.4) is 0 Å². The second-order valence-electron chi connectivity index (χ2n) is 13.7. The Hall–Kier alpha value is -2.77. The van der Waals surface area contributed by atoms with E-state index < -0.39 is 5.82 Å². The van der Waals surface area contributed by atoms with Crippen LogP contribution < -0.4 is 61.4 Å². The molecule has 0 bridgehead atoms. The molecule has 0 saturated carbocycles. The van der Waals surface area contributed by atoms with Crippen molar-refractivity contribution in [2.45, 2.75) is 64.8 Å². The van der Waals surface area contributed by atoms with Crippen LogP contribution in [-0.2, 0) is 29.2 Å². The fraction of sp³-hybridized carbons (Fsp3) is 0.447. The van der Waals surface area contributed by atoms with Crippen LogP contribution in [-0.4, -0.2) is 70.9 Å². The minimum absolute atomic E-state index is 0. The molecule has 3 N–H and O–H groups in total. The number of hydrogen-bond acceptors (Lipinski definition) is 8. The summed E-state index contributed by atoms with van der Waals surface area (Å²) in [7, 11) is 0. The van der Waals surface area contributed by atoms with Gasteiger partial charge in [0.2, 0.25) is 5.88 Å². The van der Waals surface area contributed by atoms with Crippen LogP contribution in [0.5, 0.6) is 5.88 Å². The maximum absolute atomic E-state index is 14.3. The summed E-state index contributed by atoms with van der Waals surface area (Å²) in [4.78, 5) is 25.4. The van der Waals surface area contributed by atoms with Gasteiger partial charge in [-0.05, 0) is 68.8 Å². The largest absolute Gasteiger partial charge is 1.00 e. The monoisotopic (exact) mass is 722 g/mol. The van der Waals surface area contributed by atoms with Crippen molar-refractivity contribution in [2.75, 3.05) is 39.5 Å². The average Bonchev–Trinajstić information content (AvgIpc) is 3.43. The number of halogens is 1. The van der Waals surface area contributed by atoms with Crippen LogP contribution in [0.15, 0.2) is 54.6 Å². The van der Waals surface area contributed by atoms with E-state index in [4.69, 9.17) is 29.4 Å². The molecule has 2 aromatic carbocycles. The van der Waals surface area contributed by atoms with Crippen LogP contribution in [0, 0.1) is 29.5 Å². The summed E-state index contributed by atoms with van der Waals surface area (Å²) in [6.45, 7) is 13.2. The number of likely N-dealkylation sites (tertiary alicyclic amines) is 1. The zero-order chi connectivity index (χ0) is 34.4. The van der Waals surface area contributed by atoms with Gasteiger partial charge in [-0.1, -0.05) is 32.6 Å². The first-order valence-electron chi connectivity index (χ1n) is 17.0. The maximum Gasteiger partial charge on any atom is 1.00 e. The fourth-order valence-electron chi connectivity index (χ4n) is 6.30. The maximum atomic E-state index is 14.3. The second kappa shape index (κ2) is 18.8. The van der Waals surface area contributed by atoms with Gasteiger partial charge in [-0.15, -0.1) is 0 Å². The molecule has 2 fully saturated rings. The van der Waals surface area contributed by atoms with E-state index in [1.54, 1.807) is 18.2 Å². The number of aromatic nitrogens is 3. The van der Waals surface area contributed by atoms with Gasteiger partial charge < -0.3 is 37.2 Å². The number of benzene rings is 2. The van der Waals surface area contributed by atoms with E-state index in [0.29, 0.717) is 49.9 Å². The summed E-state index contributed by atoms with van der Waals surface area (Å²) in [5.41, 5.74) is 3.83. The molecule has 2 aromatic heterocycles. The van der Waals surface area contributed by atoms with Crippen LogP contribution in [0.1, 0.15) is 72.0 Å². The van der Waals surface area contributed by atoms with Crippen LogP contribution in [0.4, 0.5) is 4.39 Å². The smallest absolute Gasteiger partial charge is 0.693 e. The predicted octanol–water partition coefficient (Wildman–Crippen LogP) is 3.52. The Bertz CT molecular complexity index is 1820. The average molecular weight is 723 g/mol. The molecule has 13 heteroatoms. The third-order valence-electron chi connectivity index (χ3n) is 9.31. The van der Waals surface area contributed by atoms with Gasteiger partial charge in [0.15, 0.2) is 0 Å². The molecule has 6 rings (SSSR count). The molecule has 0 spiro atoms. The number of nitrogens with two attached hydrogens (primary N) is 1. The quantitative estimate of drug-likeness (QED) is 0.154. The summed E-state index contributed by atoms with van der Waals surface area (Å²) >= 11 is 0. The third kappa shape index (κ3) is 10.7. The van der Waals surface area contributed by atoms with Crippen molar-refractivity contribution >= 4 is 16.9 Å². The minimum Gasteiger partial charge on any atom is -0.693 e. The Morgan fingerprint density at radius 3 is 2.61 bits per heavy atom. The first kappa shape index (κ1) is 41.0. The van der Waals surface area contributed by atoms with Gasteiger partial charge in [-0.3, -0.25) is 9.69 Å². The first-order valence-corrected chi connectivity index (χ1v) is 17.0. The van der Waals surface area contributed by atoms with Gasteiger partial charge in [0.1, 0.15) is 18.2 Å². The van der Waals surface area contributed by atoms with E-state index >= 15 is 0 Å². The summed E-state index contributed by atoms with van der Waals surface area (Å²) in [5, 5.41) is 12.1. The Morgan fingerprint density at radius 2 is 1.92 bits per heavy atom. The van der Waals surface area contributed by atoms with Gasteiger partial charge in [0.05, 0.1) is 41.9 Å². The number of amides is 1. The van der Waals surface area contributed by atoms with E-state index in [0.717, 1.165) is 61.5 Å². The molecule has 0 aliphatic carbocycles. The van der Waals surface area contributed by atoms with Crippen molar-refractivity contribution < 1.29 is 74.8 Å². The van der Waals surface area contributed by atoms with Gasteiger partial charge in [-0.25, -0.2) is 14.4 Å². The van der Waals surface area contributed by atoms with Gasteiger partial charge >= 0.3 is 51.4 Å². The van der Waals surface area contributed by atoms with E-state index in [-0.39, 0.29) is 93.0 Å².